The molecule has 0 aromatic heterocycles. The highest BCUT2D eigenvalue weighted by atomic mass is 16.2. The fourth-order valence-electron chi connectivity index (χ4n) is 2.32. The van der Waals surface area contributed by atoms with Crippen LogP contribution in [0, 0.1) is 5.92 Å². The topological polar surface area (TPSA) is 20.3 Å². The molecule has 0 radical (unpaired) electrons. The van der Waals surface area contributed by atoms with Gasteiger partial charge in [-0.25, -0.2) is 0 Å². The second-order valence-electron chi connectivity index (χ2n) is 4.11. The van der Waals surface area contributed by atoms with Crippen molar-refractivity contribution in [2.75, 3.05) is 6.54 Å². The molecule has 0 aromatic rings. The molecule has 2 heteroatoms. The Morgan fingerprint density at radius 1 is 1.25 bits per heavy atom. The maximum atomic E-state index is 11.3. The van der Waals surface area contributed by atoms with Gasteiger partial charge in [-0.3, -0.25) is 4.79 Å². The van der Waals surface area contributed by atoms with Crippen LogP contribution < -0.4 is 0 Å². The number of nitrogens with zero attached hydrogens (tertiary/aromatic N) is 1. The average Bonchev–Trinajstić information content (AvgIpc) is 2.87. The van der Waals surface area contributed by atoms with Crippen molar-refractivity contribution in [2.24, 2.45) is 5.92 Å². The summed E-state index contributed by atoms with van der Waals surface area (Å²) in [7, 11) is 0. The van der Waals surface area contributed by atoms with Crippen LogP contribution in [0.15, 0.2) is 0 Å². The second-order valence-corrected chi connectivity index (χ2v) is 4.11. The zero-order valence-corrected chi connectivity index (χ0v) is 7.75. The largest absolute Gasteiger partial charge is 0.340 e. The lowest BCUT2D eigenvalue weighted by atomic mass is 9.98. The molecule has 1 unspecified atom stereocenters. The minimum atomic E-state index is 0.284. The molecular weight excluding hydrogens is 150 g/mol. The van der Waals surface area contributed by atoms with Crippen LogP contribution in [0.5, 0.6) is 0 Å². The first-order chi connectivity index (χ1) is 5.79. The number of carbonyl (C=O) groups excluding carboxylic acids is 1. The van der Waals surface area contributed by atoms with Gasteiger partial charge in [0.25, 0.3) is 0 Å². The Morgan fingerprint density at radius 3 is 2.58 bits per heavy atom. The maximum absolute atomic E-state index is 11.3. The number of piperidine rings is 1. The summed E-state index contributed by atoms with van der Waals surface area (Å²) < 4.78 is 0. The van der Waals surface area contributed by atoms with E-state index in [4.69, 9.17) is 0 Å². The monoisotopic (exact) mass is 167 g/mol. The first-order valence-corrected chi connectivity index (χ1v) is 5.06. The smallest absolute Gasteiger partial charge is 0.219 e. The summed E-state index contributed by atoms with van der Waals surface area (Å²) in [6.07, 6.45) is 6.50. The first-order valence-electron chi connectivity index (χ1n) is 5.06. The summed E-state index contributed by atoms with van der Waals surface area (Å²) in [5.74, 6) is 1.14. The highest BCUT2D eigenvalue weighted by Gasteiger charge is 2.37. The Morgan fingerprint density at radius 2 is 2.00 bits per heavy atom. The van der Waals surface area contributed by atoms with E-state index in [0.29, 0.717) is 6.04 Å². The highest BCUT2D eigenvalue weighted by Crippen LogP contribution is 2.39. The fourth-order valence-corrected chi connectivity index (χ4v) is 2.32. The molecule has 2 aliphatic rings. The zero-order chi connectivity index (χ0) is 8.55. The Bertz CT molecular complexity index is 186. The summed E-state index contributed by atoms with van der Waals surface area (Å²) >= 11 is 0. The number of carbonyl (C=O) groups is 1. The molecule has 0 spiro atoms. The highest BCUT2D eigenvalue weighted by molar-refractivity contribution is 5.73. The SMILES string of the molecule is CC(=O)N1CCCCC1C1CC1. The molecule has 1 aliphatic carbocycles. The van der Waals surface area contributed by atoms with Crippen molar-refractivity contribution in [3.63, 3.8) is 0 Å². The summed E-state index contributed by atoms with van der Waals surface area (Å²) in [6, 6.07) is 0.608. The summed E-state index contributed by atoms with van der Waals surface area (Å²) in [5, 5.41) is 0. The molecule has 2 fully saturated rings. The first kappa shape index (κ1) is 8.09. The van der Waals surface area contributed by atoms with Crippen molar-refractivity contribution in [2.45, 2.75) is 45.1 Å². The van der Waals surface area contributed by atoms with Gasteiger partial charge in [-0.05, 0) is 38.0 Å². The molecule has 1 atom stereocenters. The molecule has 1 amide bonds. The van der Waals surface area contributed by atoms with E-state index >= 15 is 0 Å². The van der Waals surface area contributed by atoms with Gasteiger partial charge in [0.05, 0.1) is 0 Å². The van der Waals surface area contributed by atoms with Crippen molar-refractivity contribution in [3.05, 3.63) is 0 Å². The Labute approximate surface area is 73.9 Å². The van der Waals surface area contributed by atoms with Crippen molar-refractivity contribution < 1.29 is 4.79 Å². The second kappa shape index (κ2) is 3.08. The molecule has 2 rings (SSSR count). The van der Waals surface area contributed by atoms with Gasteiger partial charge in [0.2, 0.25) is 5.91 Å². The van der Waals surface area contributed by atoms with Gasteiger partial charge in [0.15, 0.2) is 0 Å². The third kappa shape index (κ3) is 1.47. The van der Waals surface area contributed by atoms with Crippen LogP contribution >= 0.6 is 0 Å². The normalized spacial score (nSPS) is 30.4. The van der Waals surface area contributed by atoms with Crippen molar-refractivity contribution >= 4 is 5.91 Å². The van der Waals surface area contributed by atoms with Gasteiger partial charge < -0.3 is 4.90 Å². The minimum Gasteiger partial charge on any atom is -0.340 e. The summed E-state index contributed by atoms with van der Waals surface area (Å²) in [5.41, 5.74) is 0. The van der Waals surface area contributed by atoms with E-state index < -0.39 is 0 Å². The Hall–Kier alpha value is -0.530. The molecule has 68 valence electrons. The lowest BCUT2D eigenvalue weighted by molar-refractivity contribution is -0.132. The van der Waals surface area contributed by atoms with E-state index in [2.05, 4.69) is 4.90 Å². The van der Waals surface area contributed by atoms with Gasteiger partial charge >= 0.3 is 0 Å². The van der Waals surface area contributed by atoms with Crippen molar-refractivity contribution in [3.8, 4) is 0 Å². The molecule has 0 bridgehead atoms. The van der Waals surface area contributed by atoms with Gasteiger partial charge in [-0.2, -0.15) is 0 Å². The summed E-state index contributed by atoms with van der Waals surface area (Å²) in [6.45, 7) is 2.72. The molecule has 2 nitrogen and oxygen atoms in total. The number of rotatable bonds is 1. The van der Waals surface area contributed by atoms with E-state index in [-0.39, 0.29) is 5.91 Å². The number of hydrogen-bond acceptors (Lipinski definition) is 1. The third-order valence-electron chi connectivity index (χ3n) is 3.12. The van der Waals surface area contributed by atoms with E-state index in [1.54, 1.807) is 6.92 Å². The minimum absolute atomic E-state index is 0.284. The van der Waals surface area contributed by atoms with Crippen molar-refractivity contribution in [1.82, 2.24) is 4.90 Å². The van der Waals surface area contributed by atoms with Crippen LogP contribution in [0.2, 0.25) is 0 Å². The van der Waals surface area contributed by atoms with E-state index in [0.717, 1.165) is 12.5 Å². The van der Waals surface area contributed by atoms with E-state index in [9.17, 15) is 4.79 Å². The number of hydrogen-bond donors (Lipinski definition) is 0. The Balaban J connectivity index is 2.00. The number of likely N-dealkylation sites (tertiary alicyclic amines) is 1. The lowest BCUT2D eigenvalue weighted by Crippen LogP contribution is -2.43. The van der Waals surface area contributed by atoms with Gasteiger partial charge in [0.1, 0.15) is 0 Å². The molecular formula is C10H17NO. The fraction of sp³-hybridized carbons (Fsp3) is 0.900. The van der Waals surface area contributed by atoms with Crippen molar-refractivity contribution in [1.29, 1.82) is 0 Å². The molecule has 0 N–H and O–H groups in total. The lowest BCUT2D eigenvalue weighted by Gasteiger charge is -2.35. The maximum Gasteiger partial charge on any atom is 0.219 e. The third-order valence-corrected chi connectivity index (χ3v) is 3.12. The molecule has 1 saturated carbocycles. The van der Waals surface area contributed by atoms with Gasteiger partial charge in [-0.15, -0.1) is 0 Å². The number of amides is 1. The van der Waals surface area contributed by atoms with Crippen LogP contribution in [-0.2, 0) is 4.79 Å². The average molecular weight is 167 g/mol. The van der Waals surface area contributed by atoms with Crippen LogP contribution in [0.4, 0.5) is 0 Å². The predicted octanol–water partition coefficient (Wildman–Crippen LogP) is 1.80. The standard InChI is InChI=1S/C10H17NO/c1-8(12)11-7-3-2-4-10(11)9-5-6-9/h9-10H,2-7H2,1H3. The Kier molecular flexibility index (Phi) is 2.07. The summed E-state index contributed by atoms with van der Waals surface area (Å²) in [4.78, 5) is 13.4. The molecule has 1 aliphatic heterocycles. The van der Waals surface area contributed by atoms with Crippen LogP contribution in [0.1, 0.15) is 39.0 Å². The van der Waals surface area contributed by atoms with E-state index in [1.807, 2.05) is 0 Å². The molecule has 1 heterocycles. The molecule has 0 aromatic carbocycles. The van der Waals surface area contributed by atoms with Gasteiger partial charge in [-0.1, -0.05) is 0 Å². The van der Waals surface area contributed by atoms with Crippen LogP contribution in [0.3, 0.4) is 0 Å². The zero-order valence-electron chi connectivity index (χ0n) is 7.75. The quantitative estimate of drug-likeness (QED) is 0.583. The van der Waals surface area contributed by atoms with Crippen LogP contribution in [-0.4, -0.2) is 23.4 Å². The van der Waals surface area contributed by atoms with Gasteiger partial charge in [0, 0.05) is 19.5 Å². The van der Waals surface area contributed by atoms with Crippen LogP contribution in [0.25, 0.3) is 0 Å². The van der Waals surface area contributed by atoms with E-state index in [1.165, 1.54) is 32.1 Å². The predicted molar refractivity (Wildman–Crippen MR) is 47.8 cm³/mol. The molecule has 12 heavy (non-hydrogen) atoms. The molecule has 1 saturated heterocycles.